The minimum atomic E-state index is -1.68. The summed E-state index contributed by atoms with van der Waals surface area (Å²) in [6.45, 7) is 3.25. The van der Waals surface area contributed by atoms with E-state index < -0.39 is 53.0 Å². The number of fused-ring (bicyclic) bond motifs is 1. The van der Waals surface area contributed by atoms with Crippen molar-refractivity contribution in [3.05, 3.63) is 53.7 Å². The third-order valence-electron chi connectivity index (χ3n) is 5.54. The van der Waals surface area contributed by atoms with E-state index in [0.29, 0.717) is 11.0 Å². The summed E-state index contributed by atoms with van der Waals surface area (Å²) in [6, 6.07) is 3.34. The average molecular weight is 408 g/mol. The minimum Gasteiger partial charge on any atom is -0.388 e. The minimum absolute atomic E-state index is 0.251. The van der Waals surface area contributed by atoms with E-state index in [4.69, 9.17) is 10.5 Å². The lowest BCUT2D eigenvalue weighted by molar-refractivity contribution is -0.0849. The van der Waals surface area contributed by atoms with Crippen LogP contribution in [0.5, 0.6) is 0 Å². The van der Waals surface area contributed by atoms with Crippen LogP contribution >= 0.6 is 0 Å². The van der Waals surface area contributed by atoms with E-state index in [-0.39, 0.29) is 5.82 Å². The Balaban J connectivity index is 1.73. The third-order valence-corrected chi connectivity index (χ3v) is 5.54. The molecule has 1 aromatic carbocycles. The monoisotopic (exact) mass is 408 g/mol. The van der Waals surface area contributed by atoms with Crippen LogP contribution in [0.1, 0.15) is 31.7 Å². The number of ether oxygens (including phenoxy) is 1. The molecule has 0 radical (unpaired) electrons. The molecule has 10 heteroatoms. The number of aliphatic hydroxyl groups excluding tert-OH is 2. The van der Waals surface area contributed by atoms with Crippen molar-refractivity contribution < 1.29 is 28.1 Å². The first kappa shape index (κ1) is 19.6. The van der Waals surface area contributed by atoms with Crippen LogP contribution in [0.3, 0.4) is 0 Å². The Labute approximate surface area is 163 Å². The number of nitrogen functional groups attached to an aromatic ring is 1. The van der Waals surface area contributed by atoms with Crippen LogP contribution in [-0.2, 0) is 4.74 Å². The van der Waals surface area contributed by atoms with Gasteiger partial charge in [-0.05, 0) is 12.1 Å². The molecular formula is C19H19F3N4O3. The maximum atomic E-state index is 14.2. The maximum absolute atomic E-state index is 14.2. The van der Waals surface area contributed by atoms with Crippen LogP contribution in [0, 0.1) is 22.9 Å². The summed E-state index contributed by atoms with van der Waals surface area (Å²) in [5.41, 5.74) is 4.71. The number of rotatable bonds is 3. The molecule has 1 aliphatic heterocycles. The molecule has 1 aliphatic rings. The molecule has 0 amide bonds. The summed E-state index contributed by atoms with van der Waals surface area (Å²) in [5, 5.41) is 22.2. The number of aromatic nitrogens is 3. The first-order valence-corrected chi connectivity index (χ1v) is 8.86. The topological polar surface area (TPSA) is 106 Å². The molecule has 4 atom stereocenters. The third kappa shape index (κ3) is 2.86. The number of nitrogens with zero attached hydrogens (tertiary/aromatic N) is 3. The number of aliphatic hydroxyl groups is 2. The lowest BCUT2D eigenvalue weighted by Gasteiger charge is -2.31. The molecule has 4 rings (SSSR count). The van der Waals surface area contributed by atoms with E-state index in [9.17, 15) is 23.4 Å². The molecule has 1 fully saturated rings. The highest BCUT2D eigenvalue weighted by Crippen LogP contribution is 2.48. The fourth-order valence-corrected chi connectivity index (χ4v) is 3.76. The normalized spacial score (nSPS) is 24.9. The van der Waals surface area contributed by atoms with Gasteiger partial charge in [0, 0.05) is 17.2 Å². The van der Waals surface area contributed by atoms with Gasteiger partial charge in [0.1, 0.15) is 30.0 Å². The molecular weight excluding hydrogens is 389 g/mol. The van der Waals surface area contributed by atoms with E-state index >= 15 is 0 Å². The fraction of sp³-hybridized carbons (Fsp3) is 0.368. The first-order valence-electron chi connectivity index (χ1n) is 8.86. The Morgan fingerprint density at radius 1 is 1.17 bits per heavy atom. The molecule has 0 bridgehead atoms. The lowest BCUT2D eigenvalue weighted by atomic mass is 9.78. The molecule has 0 unspecified atom stereocenters. The zero-order chi connectivity index (χ0) is 21.1. The quantitative estimate of drug-likeness (QED) is 0.575. The Kier molecular flexibility index (Phi) is 4.52. The molecule has 0 spiro atoms. The van der Waals surface area contributed by atoms with Crippen LogP contribution in [0.25, 0.3) is 11.0 Å². The van der Waals surface area contributed by atoms with Crippen molar-refractivity contribution in [3.8, 4) is 0 Å². The second-order valence-electron chi connectivity index (χ2n) is 7.64. The largest absolute Gasteiger partial charge is 0.388 e. The standard InChI is InChI=1S/C19H19F3N4O3/c1-19(2)14(28)18(26-6-5-9-16(23)24-7-25-17(9)26)29-15(19)13(27)8-3-4-10(20)12(22)11(8)21/h3-7,13-15,18,27-28H,1-2H3,(H2,23,24,25)/t13-,14+,15-,18-/m1/s1. The molecule has 3 heterocycles. The van der Waals surface area contributed by atoms with Crippen LogP contribution in [0.2, 0.25) is 0 Å². The van der Waals surface area contributed by atoms with Crippen LogP contribution in [-0.4, -0.2) is 37.0 Å². The van der Waals surface area contributed by atoms with Gasteiger partial charge in [0.25, 0.3) is 0 Å². The second-order valence-corrected chi connectivity index (χ2v) is 7.64. The number of anilines is 1. The van der Waals surface area contributed by atoms with Crippen molar-refractivity contribution in [3.63, 3.8) is 0 Å². The Morgan fingerprint density at radius 2 is 1.90 bits per heavy atom. The van der Waals surface area contributed by atoms with E-state index in [1.165, 1.54) is 10.9 Å². The lowest BCUT2D eigenvalue weighted by Crippen LogP contribution is -2.38. The van der Waals surface area contributed by atoms with Crippen molar-refractivity contribution in [1.82, 2.24) is 14.5 Å². The Morgan fingerprint density at radius 3 is 2.62 bits per heavy atom. The molecule has 2 aromatic heterocycles. The van der Waals surface area contributed by atoms with Gasteiger partial charge < -0.3 is 25.3 Å². The summed E-state index contributed by atoms with van der Waals surface area (Å²) < 4.78 is 48.5. The summed E-state index contributed by atoms with van der Waals surface area (Å²) >= 11 is 0. The van der Waals surface area contributed by atoms with E-state index in [1.807, 2.05) is 0 Å². The van der Waals surface area contributed by atoms with Crippen molar-refractivity contribution >= 4 is 16.9 Å². The highest BCUT2D eigenvalue weighted by molar-refractivity contribution is 5.86. The van der Waals surface area contributed by atoms with E-state index in [0.717, 1.165) is 12.1 Å². The zero-order valence-electron chi connectivity index (χ0n) is 15.6. The van der Waals surface area contributed by atoms with Gasteiger partial charge in [0.05, 0.1) is 11.5 Å². The Hall–Kier alpha value is -2.69. The smallest absolute Gasteiger partial charge is 0.194 e. The summed E-state index contributed by atoms with van der Waals surface area (Å²) in [7, 11) is 0. The van der Waals surface area contributed by atoms with Gasteiger partial charge >= 0.3 is 0 Å². The van der Waals surface area contributed by atoms with Gasteiger partial charge in [-0.2, -0.15) is 0 Å². The van der Waals surface area contributed by atoms with Crippen molar-refractivity contribution in [1.29, 1.82) is 0 Å². The SMILES string of the molecule is CC1(C)[C@@H]([C@H](O)c2ccc(F)c(F)c2F)O[C@@H](n2ccc3c(N)ncnc32)[C@@H]1O. The molecule has 3 aromatic rings. The van der Waals surface area contributed by atoms with Gasteiger partial charge in [-0.1, -0.05) is 19.9 Å². The van der Waals surface area contributed by atoms with Gasteiger partial charge in [-0.15, -0.1) is 0 Å². The van der Waals surface area contributed by atoms with Gasteiger partial charge in [-0.3, -0.25) is 0 Å². The highest BCUT2D eigenvalue weighted by Gasteiger charge is 2.54. The second kappa shape index (κ2) is 6.68. The molecule has 0 saturated carbocycles. The predicted octanol–water partition coefficient (Wildman–Crippen LogP) is 2.45. The van der Waals surface area contributed by atoms with Crippen molar-refractivity contribution in [2.24, 2.45) is 5.41 Å². The summed E-state index contributed by atoms with van der Waals surface area (Å²) in [4.78, 5) is 8.06. The predicted molar refractivity (Wildman–Crippen MR) is 96.9 cm³/mol. The zero-order valence-corrected chi connectivity index (χ0v) is 15.6. The molecule has 154 valence electrons. The number of benzene rings is 1. The van der Waals surface area contributed by atoms with Crippen LogP contribution < -0.4 is 5.73 Å². The van der Waals surface area contributed by atoms with E-state index in [2.05, 4.69) is 9.97 Å². The maximum Gasteiger partial charge on any atom is 0.194 e. The number of halogens is 3. The fourth-order valence-electron chi connectivity index (χ4n) is 3.76. The molecule has 4 N–H and O–H groups in total. The summed E-state index contributed by atoms with van der Waals surface area (Å²) in [6.07, 6.45) is -2.03. The van der Waals surface area contributed by atoms with Crippen LogP contribution in [0.15, 0.2) is 30.7 Å². The number of hydrogen-bond acceptors (Lipinski definition) is 6. The first-order chi connectivity index (χ1) is 13.6. The van der Waals surface area contributed by atoms with Gasteiger partial charge in [0.15, 0.2) is 23.7 Å². The highest BCUT2D eigenvalue weighted by atomic mass is 19.2. The summed E-state index contributed by atoms with van der Waals surface area (Å²) in [5.74, 6) is -4.29. The number of hydrogen-bond donors (Lipinski definition) is 3. The van der Waals surface area contributed by atoms with Crippen LogP contribution in [0.4, 0.5) is 19.0 Å². The Bertz CT molecular complexity index is 1090. The van der Waals surface area contributed by atoms with Crippen molar-refractivity contribution in [2.45, 2.75) is 38.4 Å². The van der Waals surface area contributed by atoms with Gasteiger partial charge in [-0.25, -0.2) is 23.1 Å². The van der Waals surface area contributed by atoms with Gasteiger partial charge in [0.2, 0.25) is 0 Å². The molecule has 29 heavy (non-hydrogen) atoms. The number of nitrogens with two attached hydrogens (primary N) is 1. The average Bonchev–Trinajstić information content (AvgIpc) is 3.20. The van der Waals surface area contributed by atoms with E-state index in [1.54, 1.807) is 26.1 Å². The molecule has 0 aliphatic carbocycles. The molecule has 1 saturated heterocycles. The van der Waals surface area contributed by atoms with Crippen molar-refractivity contribution in [2.75, 3.05) is 5.73 Å². The molecule has 7 nitrogen and oxygen atoms in total.